The van der Waals surface area contributed by atoms with Crippen molar-refractivity contribution in [3.8, 4) is 11.1 Å². The molecule has 0 radical (unpaired) electrons. The summed E-state index contributed by atoms with van der Waals surface area (Å²) in [6, 6.07) is 10.0. The second kappa shape index (κ2) is 3.77. The minimum atomic E-state index is -0.920. The Hall–Kier alpha value is -2.03. The number of aromatic carboxylic acids is 1. The van der Waals surface area contributed by atoms with Crippen LogP contribution in [0.15, 0.2) is 36.5 Å². The Morgan fingerprint density at radius 1 is 1.18 bits per heavy atom. The molecule has 3 nitrogen and oxygen atoms in total. The first-order valence-corrected chi connectivity index (χ1v) is 5.76. The van der Waals surface area contributed by atoms with Crippen LogP contribution >= 0.6 is 0 Å². The second-order valence-electron chi connectivity index (χ2n) is 4.47. The summed E-state index contributed by atoms with van der Waals surface area (Å²) < 4.78 is 0. The van der Waals surface area contributed by atoms with Gasteiger partial charge in [-0.25, -0.2) is 4.79 Å². The SMILES string of the molecule is O=C(O)c1[nH]ccc1-c1ccc(C2CC2)cc1. The van der Waals surface area contributed by atoms with E-state index in [-0.39, 0.29) is 5.69 Å². The molecule has 1 saturated carbocycles. The summed E-state index contributed by atoms with van der Waals surface area (Å²) in [4.78, 5) is 13.8. The summed E-state index contributed by atoms with van der Waals surface area (Å²) in [6.45, 7) is 0. The summed E-state index contributed by atoms with van der Waals surface area (Å²) in [5, 5.41) is 9.04. The average Bonchev–Trinajstić information content (AvgIpc) is 3.06. The fraction of sp³-hybridized carbons (Fsp3) is 0.214. The van der Waals surface area contributed by atoms with Crippen LogP contribution < -0.4 is 0 Å². The zero-order valence-electron chi connectivity index (χ0n) is 9.31. The third-order valence-electron chi connectivity index (χ3n) is 3.23. The number of benzene rings is 1. The second-order valence-corrected chi connectivity index (χ2v) is 4.47. The molecule has 1 aromatic carbocycles. The van der Waals surface area contributed by atoms with E-state index in [1.165, 1.54) is 18.4 Å². The van der Waals surface area contributed by atoms with Gasteiger partial charge in [-0.1, -0.05) is 24.3 Å². The van der Waals surface area contributed by atoms with Gasteiger partial charge >= 0.3 is 5.97 Å². The Morgan fingerprint density at radius 3 is 2.47 bits per heavy atom. The predicted octanol–water partition coefficient (Wildman–Crippen LogP) is 3.26. The molecule has 0 bridgehead atoms. The molecular weight excluding hydrogens is 214 g/mol. The number of aromatic nitrogens is 1. The molecule has 1 aliphatic rings. The summed E-state index contributed by atoms with van der Waals surface area (Å²) in [6.07, 6.45) is 4.22. The van der Waals surface area contributed by atoms with E-state index in [2.05, 4.69) is 17.1 Å². The minimum absolute atomic E-state index is 0.254. The van der Waals surface area contributed by atoms with Gasteiger partial charge in [0.1, 0.15) is 5.69 Å². The third-order valence-corrected chi connectivity index (χ3v) is 3.23. The van der Waals surface area contributed by atoms with E-state index in [9.17, 15) is 4.79 Å². The van der Waals surface area contributed by atoms with Crippen molar-refractivity contribution in [2.24, 2.45) is 0 Å². The fourth-order valence-corrected chi connectivity index (χ4v) is 2.14. The molecular formula is C14H13NO2. The van der Waals surface area contributed by atoms with E-state index < -0.39 is 5.97 Å². The lowest BCUT2D eigenvalue weighted by Gasteiger charge is -2.03. The topological polar surface area (TPSA) is 53.1 Å². The first-order chi connectivity index (χ1) is 8.25. The Bertz CT molecular complexity index is 550. The van der Waals surface area contributed by atoms with E-state index in [1.54, 1.807) is 12.3 Å². The van der Waals surface area contributed by atoms with Crippen molar-refractivity contribution in [3.63, 3.8) is 0 Å². The molecule has 2 N–H and O–H groups in total. The summed E-state index contributed by atoms with van der Waals surface area (Å²) in [7, 11) is 0. The average molecular weight is 227 g/mol. The van der Waals surface area contributed by atoms with Crippen LogP contribution in [-0.2, 0) is 0 Å². The van der Waals surface area contributed by atoms with Crippen molar-refractivity contribution in [2.75, 3.05) is 0 Å². The number of carbonyl (C=O) groups is 1. The Morgan fingerprint density at radius 2 is 1.88 bits per heavy atom. The van der Waals surface area contributed by atoms with Crippen LogP contribution in [0.3, 0.4) is 0 Å². The van der Waals surface area contributed by atoms with Gasteiger partial charge in [-0.2, -0.15) is 0 Å². The summed E-state index contributed by atoms with van der Waals surface area (Å²) in [5.74, 6) is -0.189. The molecule has 0 saturated heterocycles. The predicted molar refractivity (Wildman–Crippen MR) is 65.2 cm³/mol. The summed E-state index contributed by atoms with van der Waals surface area (Å²) >= 11 is 0. The van der Waals surface area contributed by atoms with E-state index >= 15 is 0 Å². The quantitative estimate of drug-likeness (QED) is 0.845. The highest BCUT2D eigenvalue weighted by molar-refractivity contribution is 5.94. The van der Waals surface area contributed by atoms with Crippen LogP contribution in [0.2, 0.25) is 0 Å². The summed E-state index contributed by atoms with van der Waals surface area (Å²) in [5.41, 5.74) is 3.32. The molecule has 86 valence electrons. The van der Waals surface area contributed by atoms with Crippen LogP contribution in [-0.4, -0.2) is 16.1 Å². The van der Waals surface area contributed by atoms with E-state index in [0.717, 1.165) is 17.0 Å². The monoisotopic (exact) mass is 227 g/mol. The van der Waals surface area contributed by atoms with Gasteiger partial charge in [0.05, 0.1) is 0 Å². The first kappa shape index (κ1) is 10.1. The van der Waals surface area contributed by atoms with Crippen LogP contribution in [0.25, 0.3) is 11.1 Å². The number of aromatic amines is 1. The molecule has 1 aliphatic carbocycles. The molecule has 2 aromatic rings. The highest BCUT2D eigenvalue weighted by Gasteiger charge is 2.23. The fourth-order valence-electron chi connectivity index (χ4n) is 2.14. The van der Waals surface area contributed by atoms with Crippen molar-refractivity contribution in [3.05, 3.63) is 47.8 Å². The van der Waals surface area contributed by atoms with Crippen LogP contribution in [0, 0.1) is 0 Å². The van der Waals surface area contributed by atoms with Gasteiger partial charge in [-0.3, -0.25) is 0 Å². The molecule has 1 heterocycles. The Kier molecular flexibility index (Phi) is 2.25. The lowest BCUT2D eigenvalue weighted by molar-refractivity contribution is 0.0692. The Balaban J connectivity index is 1.97. The smallest absolute Gasteiger partial charge is 0.352 e. The molecule has 3 rings (SSSR count). The zero-order chi connectivity index (χ0) is 11.8. The van der Waals surface area contributed by atoms with Crippen molar-refractivity contribution in [2.45, 2.75) is 18.8 Å². The minimum Gasteiger partial charge on any atom is -0.477 e. The highest BCUT2D eigenvalue weighted by Crippen LogP contribution is 2.40. The molecule has 17 heavy (non-hydrogen) atoms. The molecule has 0 unspecified atom stereocenters. The molecule has 0 amide bonds. The first-order valence-electron chi connectivity index (χ1n) is 5.76. The maximum atomic E-state index is 11.0. The number of H-pyrrole nitrogens is 1. The molecule has 1 aromatic heterocycles. The van der Waals surface area contributed by atoms with Crippen molar-refractivity contribution in [1.29, 1.82) is 0 Å². The maximum absolute atomic E-state index is 11.0. The van der Waals surface area contributed by atoms with Gasteiger partial charge in [0.25, 0.3) is 0 Å². The van der Waals surface area contributed by atoms with E-state index in [1.807, 2.05) is 12.1 Å². The van der Waals surface area contributed by atoms with Crippen LogP contribution in [0.1, 0.15) is 34.8 Å². The van der Waals surface area contributed by atoms with Crippen molar-refractivity contribution in [1.82, 2.24) is 4.98 Å². The molecule has 0 spiro atoms. The van der Waals surface area contributed by atoms with Gasteiger partial charge in [0.15, 0.2) is 0 Å². The standard InChI is InChI=1S/C14H13NO2/c16-14(17)13-12(7-8-15-13)11-5-3-10(4-6-11)9-1-2-9/h3-9,15H,1-2H2,(H,16,17). The molecule has 3 heteroatoms. The molecule has 0 aliphatic heterocycles. The lowest BCUT2D eigenvalue weighted by atomic mass is 10.0. The van der Waals surface area contributed by atoms with Crippen molar-refractivity contribution < 1.29 is 9.90 Å². The maximum Gasteiger partial charge on any atom is 0.352 e. The molecule has 0 atom stereocenters. The normalized spacial score (nSPS) is 14.8. The van der Waals surface area contributed by atoms with Gasteiger partial charge in [0.2, 0.25) is 0 Å². The zero-order valence-corrected chi connectivity index (χ0v) is 9.31. The largest absolute Gasteiger partial charge is 0.477 e. The number of rotatable bonds is 3. The molecule has 1 fully saturated rings. The number of carboxylic acid groups (broad SMARTS) is 1. The Labute approximate surface area is 99.1 Å². The van der Waals surface area contributed by atoms with E-state index in [0.29, 0.717) is 0 Å². The van der Waals surface area contributed by atoms with Gasteiger partial charge in [-0.05, 0) is 36.0 Å². The highest BCUT2D eigenvalue weighted by atomic mass is 16.4. The third kappa shape index (κ3) is 1.84. The lowest BCUT2D eigenvalue weighted by Crippen LogP contribution is -1.98. The van der Waals surface area contributed by atoms with Crippen LogP contribution in [0.5, 0.6) is 0 Å². The van der Waals surface area contributed by atoms with Crippen LogP contribution in [0.4, 0.5) is 0 Å². The van der Waals surface area contributed by atoms with Crippen molar-refractivity contribution >= 4 is 5.97 Å². The number of hydrogen-bond donors (Lipinski definition) is 2. The van der Waals surface area contributed by atoms with Gasteiger partial charge < -0.3 is 10.1 Å². The number of carboxylic acids is 1. The number of nitrogens with one attached hydrogen (secondary N) is 1. The van der Waals surface area contributed by atoms with Gasteiger partial charge in [-0.15, -0.1) is 0 Å². The van der Waals surface area contributed by atoms with E-state index in [4.69, 9.17) is 5.11 Å². The van der Waals surface area contributed by atoms with Gasteiger partial charge in [0, 0.05) is 11.8 Å². The number of hydrogen-bond acceptors (Lipinski definition) is 1.